The molecule has 1 aromatic rings. The lowest BCUT2D eigenvalue weighted by atomic mass is 9.94. The minimum absolute atomic E-state index is 0.205. The van der Waals surface area contributed by atoms with Gasteiger partial charge in [0.25, 0.3) is 0 Å². The van der Waals surface area contributed by atoms with Gasteiger partial charge in [-0.2, -0.15) is 4.89 Å². The Morgan fingerprint density at radius 3 is 2.48 bits per heavy atom. The summed E-state index contributed by atoms with van der Waals surface area (Å²) in [5.74, 6) is -1.04. The van der Waals surface area contributed by atoms with E-state index < -0.39 is 5.97 Å². The first-order valence-corrected chi connectivity index (χ1v) is 9.78. The molecule has 27 heavy (non-hydrogen) atoms. The van der Waals surface area contributed by atoms with Gasteiger partial charge in [-0.3, -0.25) is 9.68 Å². The van der Waals surface area contributed by atoms with Crippen molar-refractivity contribution in [3.63, 3.8) is 0 Å². The van der Waals surface area contributed by atoms with Crippen LogP contribution in [0.15, 0.2) is 30.3 Å². The van der Waals surface area contributed by atoms with Crippen molar-refractivity contribution >= 4 is 11.9 Å². The third-order valence-electron chi connectivity index (χ3n) is 3.99. The third kappa shape index (κ3) is 11.4. The van der Waals surface area contributed by atoms with Gasteiger partial charge in [0.2, 0.25) is 0 Å². The molecule has 1 atom stereocenters. The van der Waals surface area contributed by atoms with E-state index >= 15 is 0 Å². The molecule has 0 aliphatic carbocycles. The zero-order chi connectivity index (χ0) is 19.7. The SMILES string of the molecule is CCCCOCCOOC(=O)C(CCCC(=O)OCC)Cc1ccccc1. The van der Waals surface area contributed by atoms with Crippen LogP contribution in [0.3, 0.4) is 0 Å². The minimum atomic E-state index is -0.420. The molecule has 0 bridgehead atoms. The first-order chi connectivity index (χ1) is 13.2. The van der Waals surface area contributed by atoms with E-state index in [9.17, 15) is 9.59 Å². The van der Waals surface area contributed by atoms with Gasteiger partial charge >= 0.3 is 11.9 Å². The lowest BCUT2D eigenvalue weighted by Gasteiger charge is -2.15. The van der Waals surface area contributed by atoms with Gasteiger partial charge in [-0.25, -0.2) is 4.79 Å². The molecular formula is C21H32O6. The highest BCUT2D eigenvalue weighted by Crippen LogP contribution is 2.17. The normalized spacial score (nSPS) is 11.8. The minimum Gasteiger partial charge on any atom is -0.466 e. The molecule has 6 heteroatoms. The molecule has 0 N–H and O–H groups in total. The van der Waals surface area contributed by atoms with E-state index in [2.05, 4.69) is 6.92 Å². The summed E-state index contributed by atoms with van der Waals surface area (Å²) in [5.41, 5.74) is 1.04. The van der Waals surface area contributed by atoms with Crippen LogP contribution in [-0.2, 0) is 35.3 Å². The van der Waals surface area contributed by atoms with Gasteiger partial charge in [0.05, 0.1) is 19.1 Å². The standard InChI is InChI=1S/C21H32O6/c1-3-5-14-24-15-16-26-27-21(23)19(12-9-13-20(22)25-4-2)17-18-10-7-6-8-11-18/h6-8,10-11,19H,3-5,9,12-17H2,1-2H3. The number of hydrogen-bond donors (Lipinski definition) is 0. The van der Waals surface area contributed by atoms with Gasteiger partial charge in [-0.05, 0) is 38.2 Å². The number of carbonyl (C=O) groups is 2. The highest BCUT2D eigenvalue weighted by atomic mass is 17.2. The Hall–Kier alpha value is -1.92. The summed E-state index contributed by atoms with van der Waals surface area (Å²) >= 11 is 0. The van der Waals surface area contributed by atoms with Crippen LogP contribution in [0.25, 0.3) is 0 Å². The Morgan fingerprint density at radius 1 is 1.00 bits per heavy atom. The van der Waals surface area contributed by atoms with Crippen LogP contribution < -0.4 is 0 Å². The van der Waals surface area contributed by atoms with Crippen LogP contribution in [0, 0.1) is 5.92 Å². The topological polar surface area (TPSA) is 71.1 Å². The zero-order valence-electron chi connectivity index (χ0n) is 16.5. The van der Waals surface area contributed by atoms with Crippen LogP contribution >= 0.6 is 0 Å². The van der Waals surface area contributed by atoms with Crippen LogP contribution in [0.4, 0.5) is 0 Å². The highest BCUT2D eigenvalue weighted by Gasteiger charge is 2.22. The fourth-order valence-corrected chi connectivity index (χ4v) is 2.54. The number of hydrogen-bond acceptors (Lipinski definition) is 6. The molecule has 0 saturated heterocycles. The lowest BCUT2D eigenvalue weighted by molar-refractivity contribution is -0.280. The van der Waals surface area contributed by atoms with E-state index in [-0.39, 0.29) is 18.5 Å². The monoisotopic (exact) mass is 380 g/mol. The Balaban J connectivity index is 2.41. The Bertz CT molecular complexity index is 517. The third-order valence-corrected chi connectivity index (χ3v) is 3.99. The number of esters is 1. The van der Waals surface area contributed by atoms with Crippen molar-refractivity contribution in [3.05, 3.63) is 35.9 Å². The average Bonchev–Trinajstić information content (AvgIpc) is 2.67. The predicted octanol–water partition coefficient (Wildman–Crippen LogP) is 3.87. The first-order valence-electron chi connectivity index (χ1n) is 9.78. The largest absolute Gasteiger partial charge is 0.466 e. The molecule has 1 unspecified atom stereocenters. The number of ether oxygens (including phenoxy) is 2. The molecule has 1 aromatic carbocycles. The van der Waals surface area contributed by atoms with E-state index in [0.29, 0.717) is 45.5 Å². The van der Waals surface area contributed by atoms with Gasteiger partial charge in [0.15, 0.2) is 0 Å². The van der Waals surface area contributed by atoms with E-state index in [4.69, 9.17) is 19.2 Å². The number of rotatable bonds is 15. The summed E-state index contributed by atoms with van der Waals surface area (Å²) in [6.07, 6.45) is 3.99. The summed E-state index contributed by atoms with van der Waals surface area (Å²) in [4.78, 5) is 33.8. The second kappa shape index (κ2) is 15.2. The molecule has 0 aliphatic rings. The van der Waals surface area contributed by atoms with Crippen LogP contribution in [0.1, 0.15) is 51.5 Å². The van der Waals surface area contributed by atoms with Crippen molar-refractivity contribution in [2.45, 2.75) is 52.4 Å². The molecule has 0 radical (unpaired) electrons. The Labute approximate surface area is 162 Å². The molecule has 0 aromatic heterocycles. The highest BCUT2D eigenvalue weighted by molar-refractivity contribution is 5.72. The summed E-state index contributed by atoms with van der Waals surface area (Å²) in [6.45, 7) is 5.50. The van der Waals surface area contributed by atoms with Crippen molar-refractivity contribution in [1.29, 1.82) is 0 Å². The molecule has 0 saturated carbocycles. The first kappa shape index (κ1) is 23.1. The molecule has 1 rings (SSSR count). The van der Waals surface area contributed by atoms with Gasteiger partial charge in [0.1, 0.15) is 6.61 Å². The number of benzene rings is 1. The van der Waals surface area contributed by atoms with Crippen molar-refractivity contribution in [1.82, 2.24) is 0 Å². The summed E-state index contributed by atoms with van der Waals surface area (Å²) in [7, 11) is 0. The second-order valence-electron chi connectivity index (χ2n) is 6.27. The van der Waals surface area contributed by atoms with Gasteiger partial charge in [-0.1, -0.05) is 43.7 Å². The molecule has 0 fully saturated rings. The van der Waals surface area contributed by atoms with Gasteiger partial charge in [-0.15, -0.1) is 0 Å². The Morgan fingerprint density at radius 2 is 1.78 bits per heavy atom. The maximum absolute atomic E-state index is 12.4. The maximum Gasteiger partial charge on any atom is 0.345 e. The fourth-order valence-electron chi connectivity index (χ4n) is 2.54. The van der Waals surface area contributed by atoms with Crippen LogP contribution in [0.5, 0.6) is 0 Å². The summed E-state index contributed by atoms with van der Waals surface area (Å²) < 4.78 is 10.3. The predicted molar refractivity (Wildman–Crippen MR) is 102 cm³/mol. The Kier molecular flexibility index (Phi) is 13.0. The summed E-state index contributed by atoms with van der Waals surface area (Å²) in [6, 6.07) is 9.72. The number of unbranched alkanes of at least 4 members (excludes halogenated alkanes) is 1. The van der Waals surface area contributed by atoms with Crippen molar-refractivity contribution in [3.8, 4) is 0 Å². The van der Waals surface area contributed by atoms with Crippen LogP contribution in [-0.4, -0.2) is 38.4 Å². The molecule has 0 heterocycles. The van der Waals surface area contributed by atoms with Crippen molar-refractivity contribution in [2.24, 2.45) is 5.92 Å². The van der Waals surface area contributed by atoms with E-state index in [1.807, 2.05) is 30.3 Å². The van der Waals surface area contributed by atoms with E-state index in [1.54, 1.807) is 6.92 Å². The molecule has 0 spiro atoms. The zero-order valence-corrected chi connectivity index (χ0v) is 16.5. The molecule has 152 valence electrons. The summed E-state index contributed by atoms with van der Waals surface area (Å²) in [5, 5.41) is 0. The molecular weight excluding hydrogens is 348 g/mol. The second-order valence-corrected chi connectivity index (χ2v) is 6.27. The maximum atomic E-state index is 12.4. The molecule has 6 nitrogen and oxygen atoms in total. The van der Waals surface area contributed by atoms with Gasteiger partial charge in [0, 0.05) is 13.0 Å². The van der Waals surface area contributed by atoms with Gasteiger partial charge < -0.3 is 9.47 Å². The lowest BCUT2D eigenvalue weighted by Crippen LogP contribution is -2.22. The van der Waals surface area contributed by atoms with Crippen molar-refractivity contribution < 1.29 is 28.8 Å². The van der Waals surface area contributed by atoms with Crippen LogP contribution in [0.2, 0.25) is 0 Å². The number of carbonyl (C=O) groups excluding carboxylic acids is 2. The molecule has 0 aliphatic heterocycles. The van der Waals surface area contributed by atoms with Crippen molar-refractivity contribution in [2.75, 3.05) is 26.4 Å². The smallest absolute Gasteiger partial charge is 0.345 e. The quantitative estimate of drug-likeness (QED) is 0.199. The average molecular weight is 380 g/mol. The van der Waals surface area contributed by atoms with E-state index in [1.165, 1.54) is 0 Å². The fraction of sp³-hybridized carbons (Fsp3) is 0.619. The van der Waals surface area contributed by atoms with E-state index in [0.717, 1.165) is 18.4 Å². The molecule has 0 amide bonds.